The van der Waals surface area contributed by atoms with Gasteiger partial charge < -0.3 is 0 Å². The van der Waals surface area contributed by atoms with Gasteiger partial charge in [0.05, 0.1) is 0 Å². The van der Waals surface area contributed by atoms with Gasteiger partial charge in [-0.1, -0.05) is 60.7 Å². The molecule has 0 N–H and O–H groups in total. The predicted octanol–water partition coefficient (Wildman–Crippen LogP) is 3.77. The number of nitrogens with zero attached hydrogens (tertiary/aromatic N) is 2. The van der Waals surface area contributed by atoms with E-state index in [1.54, 1.807) is 0 Å². The second-order valence-corrected chi connectivity index (χ2v) is 3.48. The summed E-state index contributed by atoms with van der Waals surface area (Å²) in [5.74, 6) is 0. The molecule has 3 heteroatoms. The second kappa shape index (κ2) is 5.34. The van der Waals surface area contributed by atoms with Crippen molar-refractivity contribution in [3.05, 3.63) is 71.8 Å². The van der Waals surface area contributed by atoms with Crippen LogP contribution in [-0.2, 0) is 0 Å². The van der Waals surface area contributed by atoms with Crippen molar-refractivity contribution in [2.45, 2.75) is 0 Å². The number of hydrogen-bond acceptors (Lipinski definition) is 1. The maximum absolute atomic E-state index is 4.12. The van der Waals surface area contributed by atoms with Crippen LogP contribution in [0.5, 0.6) is 0 Å². The van der Waals surface area contributed by atoms with Gasteiger partial charge in [0.2, 0.25) is 0 Å². The SMILES string of the molecule is P=NN=C(c1ccccc1)c1ccccc1. The van der Waals surface area contributed by atoms with Gasteiger partial charge in [-0.2, -0.15) is 0 Å². The summed E-state index contributed by atoms with van der Waals surface area (Å²) in [6, 6.07) is 20.0. The van der Waals surface area contributed by atoms with Gasteiger partial charge in [0.25, 0.3) is 0 Å². The Kier molecular flexibility index (Phi) is 3.58. The fourth-order valence-electron chi connectivity index (χ4n) is 1.52. The third-order valence-corrected chi connectivity index (χ3v) is 2.34. The molecule has 2 aromatic carbocycles. The highest BCUT2D eigenvalue weighted by Gasteiger charge is 2.05. The predicted molar refractivity (Wildman–Crippen MR) is 69.3 cm³/mol. The fourth-order valence-corrected chi connectivity index (χ4v) is 1.62. The van der Waals surface area contributed by atoms with E-state index in [0.29, 0.717) is 0 Å². The average Bonchev–Trinajstić information content (AvgIpc) is 2.38. The first-order valence-electron chi connectivity index (χ1n) is 4.97. The third kappa shape index (κ3) is 2.41. The maximum atomic E-state index is 4.12. The zero-order valence-corrected chi connectivity index (χ0v) is 9.67. The van der Waals surface area contributed by atoms with Crippen LogP contribution in [0.25, 0.3) is 0 Å². The summed E-state index contributed by atoms with van der Waals surface area (Å²) < 4.78 is 0. The lowest BCUT2D eigenvalue weighted by atomic mass is 10.0. The van der Waals surface area contributed by atoms with Crippen molar-refractivity contribution in [2.75, 3.05) is 0 Å². The minimum Gasteiger partial charge on any atom is -0.146 e. The largest absolute Gasteiger partial charge is 0.146 e. The molecule has 2 rings (SSSR count). The Balaban J connectivity index is 2.48. The standard InChI is InChI=1S/C13H11N2P/c16-15-14-13(11-7-3-1-4-8-11)12-9-5-2-6-10-12/h1-10,16H. The Morgan fingerprint density at radius 1 is 0.750 bits per heavy atom. The Labute approximate surface area is 97.0 Å². The van der Waals surface area contributed by atoms with Crippen LogP contribution < -0.4 is 0 Å². The molecule has 0 fully saturated rings. The molecule has 0 amide bonds. The van der Waals surface area contributed by atoms with Gasteiger partial charge in [-0.25, -0.2) is 0 Å². The zero-order chi connectivity index (χ0) is 11.2. The molecule has 2 nitrogen and oxygen atoms in total. The van der Waals surface area contributed by atoms with Crippen molar-refractivity contribution in [3.8, 4) is 0 Å². The van der Waals surface area contributed by atoms with Crippen LogP contribution >= 0.6 is 9.03 Å². The maximum Gasteiger partial charge on any atom is 0.100 e. The highest BCUT2D eigenvalue weighted by atomic mass is 31.0. The summed E-state index contributed by atoms with van der Waals surface area (Å²) in [6.07, 6.45) is 0. The summed E-state index contributed by atoms with van der Waals surface area (Å²) in [5.41, 5.74) is 2.96. The van der Waals surface area contributed by atoms with E-state index in [2.05, 4.69) is 19.0 Å². The van der Waals surface area contributed by atoms with Gasteiger partial charge in [-0.3, -0.25) is 0 Å². The van der Waals surface area contributed by atoms with Gasteiger partial charge >= 0.3 is 0 Å². The Hall–Kier alpha value is -1.79. The molecule has 0 heterocycles. The van der Waals surface area contributed by atoms with Gasteiger partial charge in [-0.15, -0.1) is 9.96 Å². The summed E-state index contributed by atoms with van der Waals surface area (Å²) in [5, 5.41) is 4.12. The molecule has 0 atom stereocenters. The second-order valence-electron chi connectivity index (χ2n) is 3.28. The highest BCUT2D eigenvalue weighted by molar-refractivity contribution is 7.03. The van der Waals surface area contributed by atoms with E-state index in [-0.39, 0.29) is 0 Å². The molecule has 0 aromatic heterocycles. The lowest BCUT2D eigenvalue weighted by Gasteiger charge is -2.04. The van der Waals surface area contributed by atoms with E-state index in [9.17, 15) is 0 Å². The summed E-state index contributed by atoms with van der Waals surface area (Å²) in [6.45, 7) is 0. The monoisotopic (exact) mass is 226 g/mol. The number of rotatable bonds is 3. The molecule has 0 saturated heterocycles. The molecule has 0 bridgehead atoms. The first kappa shape index (κ1) is 10.7. The lowest BCUT2D eigenvalue weighted by Crippen LogP contribution is -2.01. The number of hydrogen-bond donors (Lipinski definition) is 0. The smallest absolute Gasteiger partial charge is 0.100 e. The van der Waals surface area contributed by atoms with Crippen LogP contribution in [0, 0.1) is 0 Å². The minimum atomic E-state index is 0.858. The third-order valence-electron chi connectivity index (χ3n) is 2.24. The van der Waals surface area contributed by atoms with Crippen LogP contribution in [0.15, 0.2) is 70.6 Å². The van der Waals surface area contributed by atoms with E-state index in [0.717, 1.165) is 16.8 Å². The highest BCUT2D eigenvalue weighted by Crippen LogP contribution is 2.11. The van der Waals surface area contributed by atoms with Crippen LogP contribution in [0.3, 0.4) is 0 Å². The van der Waals surface area contributed by atoms with E-state index in [4.69, 9.17) is 0 Å². The Morgan fingerprint density at radius 2 is 1.19 bits per heavy atom. The summed E-state index contributed by atoms with van der Waals surface area (Å²) >= 11 is 0. The molecule has 0 aliphatic heterocycles. The zero-order valence-electron chi connectivity index (χ0n) is 8.67. The molecule has 2 aromatic rings. The van der Waals surface area contributed by atoms with Crippen LogP contribution in [-0.4, -0.2) is 5.71 Å². The molecule has 0 saturated carbocycles. The first-order valence-corrected chi connectivity index (χ1v) is 5.42. The van der Waals surface area contributed by atoms with E-state index >= 15 is 0 Å². The normalized spacial score (nSPS) is 9.50. The molecular weight excluding hydrogens is 215 g/mol. The van der Waals surface area contributed by atoms with E-state index in [1.165, 1.54) is 0 Å². The van der Waals surface area contributed by atoms with E-state index < -0.39 is 0 Å². The molecule has 0 aliphatic carbocycles. The van der Waals surface area contributed by atoms with Gasteiger partial charge in [0.15, 0.2) is 0 Å². The average molecular weight is 226 g/mol. The first-order chi connectivity index (χ1) is 7.92. The topological polar surface area (TPSA) is 24.7 Å². The quantitative estimate of drug-likeness (QED) is 0.432. The summed E-state index contributed by atoms with van der Waals surface area (Å²) in [4.78, 5) is 3.68. The van der Waals surface area contributed by atoms with Crippen molar-refractivity contribution in [3.63, 3.8) is 0 Å². The number of benzene rings is 2. The van der Waals surface area contributed by atoms with Crippen LogP contribution in [0.4, 0.5) is 0 Å². The lowest BCUT2D eigenvalue weighted by molar-refractivity contribution is 1.27. The summed E-state index contributed by atoms with van der Waals surface area (Å²) in [7, 11) is 3.03. The molecule has 0 aliphatic rings. The van der Waals surface area contributed by atoms with Gasteiger partial charge in [0, 0.05) is 20.2 Å². The minimum absolute atomic E-state index is 0.858. The fraction of sp³-hybridized carbons (Fsp3) is 0. The van der Waals surface area contributed by atoms with Gasteiger partial charge in [0.1, 0.15) is 5.71 Å². The van der Waals surface area contributed by atoms with Crippen LogP contribution in [0.2, 0.25) is 0 Å². The van der Waals surface area contributed by atoms with Crippen molar-refractivity contribution >= 4 is 14.7 Å². The van der Waals surface area contributed by atoms with E-state index in [1.807, 2.05) is 60.7 Å². The molecule has 16 heavy (non-hydrogen) atoms. The molecular formula is C13H11N2P. The molecule has 0 radical (unpaired) electrons. The van der Waals surface area contributed by atoms with Crippen molar-refractivity contribution < 1.29 is 0 Å². The van der Waals surface area contributed by atoms with Gasteiger partial charge in [-0.05, 0) is 0 Å². The Bertz CT molecular complexity index is 450. The Morgan fingerprint density at radius 3 is 1.56 bits per heavy atom. The van der Waals surface area contributed by atoms with Crippen molar-refractivity contribution in [2.24, 2.45) is 9.96 Å². The molecule has 78 valence electrons. The van der Waals surface area contributed by atoms with Crippen LogP contribution in [0.1, 0.15) is 11.1 Å². The molecule has 0 unspecified atom stereocenters. The molecule has 0 spiro atoms. The van der Waals surface area contributed by atoms with Crippen molar-refractivity contribution in [1.29, 1.82) is 0 Å². The van der Waals surface area contributed by atoms with Crippen molar-refractivity contribution in [1.82, 2.24) is 0 Å².